The van der Waals surface area contributed by atoms with Crippen LogP contribution in [0.5, 0.6) is 0 Å². The van der Waals surface area contributed by atoms with Gasteiger partial charge in [0.1, 0.15) is 6.54 Å². The molecule has 0 aliphatic rings. The Morgan fingerprint density at radius 3 is 1.52 bits per heavy atom. The Labute approximate surface area is 177 Å². The van der Waals surface area contributed by atoms with Crippen LogP contribution in [-0.2, 0) is 14.8 Å². The Bertz CT molecular complexity index is 795. The van der Waals surface area contributed by atoms with Crippen molar-refractivity contribution in [3.63, 3.8) is 0 Å². The minimum absolute atomic E-state index is 0.0316. The number of halogens is 13. The Morgan fingerprint density at radius 1 is 0.727 bits per heavy atom. The van der Waals surface area contributed by atoms with Crippen LogP contribution >= 0.6 is 0 Å². The Morgan fingerprint density at radius 2 is 1.15 bits per heavy atom. The SMILES string of the molecule is CCCCCCN(CC(=O)O)S(=O)(=O)C(F)(F)C(F)(F)C(F)(F)C(F)(F)C(F)(F)C(F)(F)F. The molecule has 0 aromatic heterocycles. The summed E-state index contributed by atoms with van der Waals surface area (Å²) in [6.45, 7) is -1.82. The van der Waals surface area contributed by atoms with Gasteiger partial charge in [0.2, 0.25) is 0 Å². The van der Waals surface area contributed by atoms with Crippen LogP contribution < -0.4 is 0 Å². The van der Waals surface area contributed by atoms with Crippen molar-refractivity contribution in [2.24, 2.45) is 0 Å². The number of unbranched alkanes of at least 4 members (excludes halogenated alkanes) is 3. The van der Waals surface area contributed by atoms with Gasteiger partial charge in [0.05, 0.1) is 0 Å². The summed E-state index contributed by atoms with van der Waals surface area (Å²) >= 11 is 0. The number of sulfonamides is 1. The molecular weight excluding hydrogens is 525 g/mol. The number of alkyl halides is 13. The number of carbonyl (C=O) groups is 1. The van der Waals surface area contributed by atoms with Crippen molar-refractivity contribution in [2.75, 3.05) is 13.1 Å². The largest absolute Gasteiger partial charge is 0.480 e. The molecule has 0 aliphatic carbocycles. The molecule has 0 rings (SSSR count). The highest BCUT2D eigenvalue weighted by atomic mass is 32.2. The average Bonchev–Trinajstić information content (AvgIpc) is 2.62. The monoisotopic (exact) mass is 541 g/mol. The molecule has 0 aliphatic heterocycles. The van der Waals surface area contributed by atoms with Gasteiger partial charge in [0.15, 0.2) is 0 Å². The van der Waals surface area contributed by atoms with Crippen molar-refractivity contribution in [3.8, 4) is 0 Å². The molecule has 5 nitrogen and oxygen atoms in total. The topological polar surface area (TPSA) is 74.7 Å². The highest BCUT2D eigenvalue weighted by Crippen LogP contribution is 2.61. The van der Waals surface area contributed by atoms with Gasteiger partial charge in [-0.3, -0.25) is 4.79 Å². The summed E-state index contributed by atoms with van der Waals surface area (Å²) in [5, 5.41) is 1.12. The summed E-state index contributed by atoms with van der Waals surface area (Å²) in [5.74, 6) is -34.9. The molecule has 33 heavy (non-hydrogen) atoms. The Kier molecular flexibility index (Phi) is 9.17. The van der Waals surface area contributed by atoms with Crippen LogP contribution in [-0.4, -0.2) is 72.0 Å². The lowest BCUT2D eigenvalue weighted by molar-refractivity contribution is -0.433. The zero-order valence-corrected chi connectivity index (χ0v) is 17.0. The van der Waals surface area contributed by atoms with Crippen molar-refractivity contribution in [1.29, 1.82) is 0 Å². The van der Waals surface area contributed by atoms with E-state index in [9.17, 15) is 70.3 Å². The normalized spacial score (nSPS) is 15.2. The second kappa shape index (κ2) is 9.61. The molecule has 198 valence electrons. The predicted molar refractivity (Wildman–Crippen MR) is 83.1 cm³/mol. The number of rotatable bonds is 13. The minimum Gasteiger partial charge on any atom is -0.480 e. The Hall–Kier alpha value is -1.53. The van der Waals surface area contributed by atoms with E-state index in [2.05, 4.69) is 0 Å². The molecule has 0 saturated heterocycles. The van der Waals surface area contributed by atoms with E-state index in [-0.39, 0.29) is 12.8 Å². The Balaban J connectivity index is 6.56. The van der Waals surface area contributed by atoms with Crippen molar-refractivity contribution in [2.45, 2.75) is 67.7 Å². The van der Waals surface area contributed by atoms with E-state index in [0.717, 1.165) is 0 Å². The molecule has 0 aromatic carbocycles. The van der Waals surface area contributed by atoms with Crippen molar-refractivity contribution in [1.82, 2.24) is 4.31 Å². The van der Waals surface area contributed by atoms with E-state index >= 15 is 0 Å². The third-order valence-corrected chi connectivity index (χ3v) is 6.04. The molecule has 0 fully saturated rings. The zero-order valence-electron chi connectivity index (χ0n) is 16.2. The molecule has 0 saturated carbocycles. The summed E-state index contributed by atoms with van der Waals surface area (Å²) < 4.78 is 194. The van der Waals surface area contributed by atoms with E-state index in [0.29, 0.717) is 6.42 Å². The lowest BCUT2D eigenvalue weighted by Crippen LogP contribution is -2.72. The van der Waals surface area contributed by atoms with E-state index in [1.54, 1.807) is 6.92 Å². The highest BCUT2D eigenvalue weighted by molar-refractivity contribution is 7.90. The third kappa shape index (κ3) is 5.27. The number of aliphatic carboxylic acids is 1. The first-order valence-electron chi connectivity index (χ1n) is 8.55. The molecule has 1 N–H and O–H groups in total. The van der Waals surface area contributed by atoms with Crippen LogP contribution in [0.3, 0.4) is 0 Å². The van der Waals surface area contributed by atoms with E-state index < -0.39 is 74.9 Å². The molecule has 0 spiro atoms. The van der Waals surface area contributed by atoms with E-state index in [1.165, 1.54) is 0 Å². The van der Waals surface area contributed by atoms with Crippen LogP contribution in [0.25, 0.3) is 0 Å². The smallest absolute Gasteiger partial charge is 0.460 e. The molecule has 0 amide bonds. The fraction of sp³-hybridized carbons (Fsp3) is 0.929. The molecule has 0 aromatic rings. The molecule has 0 heterocycles. The lowest BCUT2D eigenvalue weighted by Gasteiger charge is -2.40. The van der Waals surface area contributed by atoms with Crippen LogP contribution in [0.2, 0.25) is 0 Å². The number of carboxylic acids is 1. The molecule has 0 bridgehead atoms. The standard InChI is InChI=1S/C14H16F13NO4S/c1-2-3-4-5-6-28(7-8(29)30)33(31,32)14(26,27)12(21,22)10(17,18)9(15,16)11(19,20)13(23,24)25/h2-7H2,1H3,(H,29,30). The van der Waals surface area contributed by atoms with Gasteiger partial charge < -0.3 is 5.11 Å². The van der Waals surface area contributed by atoms with Gasteiger partial charge in [0.25, 0.3) is 10.0 Å². The summed E-state index contributed by atoms with van der Waals surface area (Å²) in [5.41, 5.74) is 0. The molecule has 0 atom stereocenters. The molecule has 0 unspecified atom stereocenters. The summed E-state index contributed by atoms with van der Waals surface area (Å²) in [6.07, 6.45) is -7.49. The fourth-order valence-corrected chi connectivity index (χ4v) is 3.66. The first kappa shape index (κ1) is 31.5. The van der Waals surface area contributed by atoms with Crippen molar-refractivity contribution in [3.05, 3.63) is 0 Å². The van der Waals surface area contributed by atoms with Gasteiger partial charge in [0, 0.05) is 6.54 Å². The number of hydrogen-bond donors (Lipinski definition) is 1. The van der Waals surface area contributed by atoms with Crippen molar-refractivity contribution < 1.29 is 75.4 Å². The number of nitrogens with zero attached hydrogens (tertiary/aromatic N) is 1. The van der Waals surface area contributed by atoms with Gasteiger partial charge in [-0.2, -0.15) is 61.4 Å². The number of hydrogen-bond acceptors (Lipinski definition) is 3. The quantitative estimate of drug-likeness (QED) is 0.264. The van der Waals surface area contributed by atoms with Crippen LogP contribution in [0, 0.1) is 0 Å². The van der Waals surface area contributed by atoms with Gasteiger partial charge in [-0.25, -0.2) is 8.42 Å². The maximum atomic E-state index is 14.1. The average molecular weight is 541 g/mol. The minimum atomic E-state index is -8.30. The summed E-state index contributed by atoms with van der Waals surface area (Å²) in [7, 11) is -7.34. The van der Waals surface area contributed by atoms with Crippen molar-refractivity contribution >= 4 is 16.0 Å². The third-order valence-electron chi connectivity index (χ3n) is 4.14. The molecular formula is C14H16F13NO4S. The van der Waals surface area contributed by atoms with Gasteiger partial charge in [-0.15, -0.1) is 0 Å². The maximum Gasteiger partial charge on any atom is 0.460 e. The number of carboxylic acid groups (broad SMARTS) is 1. The summed E-state index contributed by atoms with van der Waals surface area (Å²) in [6, 6.07) is 0. The first-order valence-corrected chi connectivity index (χ1v) is 9.99. The maximum absolute atomic E-state index is 14.1. The zero-order chi connectivity index (χ0) is 26.9. The van der Waals surface area contributed by atoms with E-state index in [4.69, 9.17) is 5.11 Å². The highest BCUT2D eigenvalue weighted by Gasteiger charge is 2.92. The first-order chi connectivity index (χ1) is 14.4. The van der Waals surface area contributed by atoms with Gasteiger partial charge in [-0.05, 0) is 6.42 Å². The summed E-state index contributed by atoms with van der Waals surface area (Å²) in [4.78, 5) is 10.7. The van der Waals surface area contributed by atoms with Gasteiger partial charge in [-0.1, -0.05) is 26.2 Å². The molecule has 19 heteroatoms. The van der Waals surface area contributed by atoms with Crippen LogP contribution in [0.15, 0.2) is 0 Å². The fourth-order valence-electron chi connectivity index (χ4n) is 2.23. The van der Waals surface area contributed by atoms with Crippen LogP contribution in [0.4, 0.5) is 57.1 Å². The lowest BCUT2D eigenvalue weighted by atomic mass is 9.98. The van der Waals surface area contributed by atoms with Gasteiger partial charge >= 0.3 is 41.1 Å². The van der Waals surface area contributed by atoms with Crippen LogP contribution in [0.1, 0.15) is 32.6 Å². The van der Waals surface area contributed by atoms with E-state index in [1.807, 2.05) is 0 Å². The second-order valence-corrected chi connectivity index (χ2v) is 8.58. The predicted octanol–water partition coefficient (Wildman–Crippen LogP) is 4.98. The molecule has 0 radical (unpaired) electrons. The second-order valence-electron chi connectivity index (χ2n) is 6.61.